The molecule has 2 unspecified atom stereocenters. The molecule has 1 fully saturated rings. The molecule has 7 heteroatoms. The summed E-state index contributed by atoms with van der Waals surface area (Å²) in [6, 6.07) is 4.54. The molecule has 6 nitrogen and oxygen atoms in total. The van der Waals surface area contributed by atoms with Gasteiger partial charge in [0, 0.05) is 19.2 Å². The normalized spacial score (nSPS) is 22.3. The van der Waals surface area contributed by atoms with Gasteiger partial charge in [0.2, 0.25) is 10.0 Å². The molecule has 116 valence electrons. The standard InChI is InChI=1S/C14H20N2O4S/c1-9-4-5-11(8-13(9)21(15,18)19)14(17)16(3)12-6-7-20-10(12)2/h4-5,8,10,12H,6-7H2,1-3H3,(H2,15,18,19). The lowest BCUT2D eigenvalue weighted by atomic mass is 10.1. The van der Waals surface area contributed by atoms with Gasteiger partial charge < -0.3 is 9.64 Å². The van der Waals surface area contributed by atoms with Crippen LogP contribution in [0.2, 0.25) is 0 Å². The van der Waals surface area contributed by atoms with Crippen LogP contribution in [0.25, 0.3) is 0 Å². The second-order valence-corrected chi connectivity index (χ2v) is 6.90. The van der Waals surface area contributed by atoms with Crippen molar-refractivity contribution >= 4 is 15.9 Å². The van der Waals surface area contributed by atoms with Crippen LogP contribution in [0, 0.1) is 6.92 Å². The van der Waals surface area contributed by atoms with Crippen molar-refractivity contribution in [3.63, 3.8) is 0 Å². The maximum absolute atomic E-state index is 12.5. The van der Waals surface area contributed by atoms with Gasteiger partial charge in [-0.15, -0.1) is 0 Å². The molecule has 21 heavy (non-hydrogen) atoms. The van der Waals surface area contributed by atoms with Gasteiger partial charge in [-0.05, 0) is 38.0 Å². The molecule has 2 N–H and O–H groups in total. The van der Waals surface area contributed by atoms with Gasteiger partial charge in [0.25, 0.3) is 5.91 Å². The number of aryl methyl sites for hydroxylation is 1. The molecule has 0 aliphatic carbocycles. The number of nitrogens with two attached hydrogens (primary N) is 1. The monoisotopic (exact) mass is 312 g/mol. The third-order valence-electron chi connectivity index (χ3n) is 3.90. The average molecular weight is 312 g/mol. The molecule has 1 heterocycles. The fraction of sp³-hybridized carbons (Fsp3) is 0.500. The van der Waals surface area contributed by atoms with Crippen molar-refractivity contribution in [1.82, 2.24) is 4.90 Å². The quantitative estimate of drug-likeness (QED) is 0.897. The Kier molecular flexibility index (Phi) is 4.36. The lowest BCUT2D eigenvalue weighted by molar-refractivity contribution is 0.0574. The highest BCUT2D eigenvalue weighted by atomic mass is 32.2. The van der Waals surface area contributed by atoms with E-state index in [1.165, 1.54) is 6.07 Å². The molecule has 2 rings (SSSR count). The number of amides is 1. The summed E-state index contributed by atoms with van der Waals surface area (Å²) in [6.45, 7) is 4.19. The lowest BCUT2D eigenvalue weighted by Crippen LogP contribution is -2.41. The highest BCUT2D eigenvalue weighted by Crippen LogP contribution is 2.22. The van der Waals surface area contributed by atoms with Crippen molar-refractivity contribution in [2.24, 2.45) is 5.14 Å². The van der Waals surface area contributed by atoms with E-state index >= 15 is 0 Å². The van der Waals surface area contributed by atoms with E-state index in [0.717, 1.165) is 6.42 Å². The van der Waals surface area contributed by atoms with Crippen LogP contribution in [0.5, 0.6) is 0 Å². The van der Waals surface area contributed by atoms with Crippen molar-refractivity contribution in [2.75, 3.05) is 13.7 Å². The van der Waals surface area contributed by atoms with Gasteiger partial charge in [-0.3, -0.25) is 4.79 Å². The number of likely N-dealkylation sites (N-methyl/N-ethyl adjacent to an activating group) is 1. The zero-order chi connectivity index (χ0) is 15.8. The first-order chi connectivity index (χ1) is 9.71. The summed E-state index contributed by atoms with van der Waals surface area (Å²) in [4.78, 5) is 14.1. The van der Waals surface area contributed by atoms with E-state index in [9.17, 15) is 13.2 Å². The van der Waals surface area contributed by atoms with Gasteiger partial charge in [0.05, 0.1) is 17.0 Å². The number of nitrogens with zero attached hydrogens (tertiary/aromatic N) is 1. The zero-order valence-electron chi connectivity index (χ0n) is 12.4. The Morgan fingerprint density at radius 2 is 2.10 bits per heavy atom. The summed E-state index contributed by atoms with van der Waals surface area (Å²) in [6.07, 6.45) is 0.749. The van der Waals surface area contributed by atoms with Crippen molar-refractivity contribution in [2.45, 2.75) is 37.3 Å². The number of benzene rings is 1. The minimum Gasteiger partial charge on any atom is -0.376 e. The Labute approximate surface area is 124 Å². The number of ether oxygens (including phenoxy) is 1. The van der Waals surface area contributed by atoms with E-state index in [4.69, 9.17) is 9.88 Å². The van der Waals surface area contributed by atoms with Crippen LogP contribution in [-0.4, -0.2) is 45.0 Å². The van der Waals surface area contributed by atoms with Crippen LogP contribution in [0.1, 0.15) is 29.3 Å². The van der Waals surface area contributed by atoms with Crippen LogP contribution in [0.15, 0.2) is 23.1 Å². The number of sulfonamides is 1. The second-order valence-electron chi connectivity index (χ2n) is 5.37. The summed E-state index contributed by atoms with van der Waals surface area (Å²) < 4.78 is 28.5. The number of hydrogen-bond donors (Lipinski definition) is 1. The van der Waals surface area contributed by atoms with Gasteiger partial charge in [-0.25, -0.2) is 13.6 Å². The maximum Gasteiger partial charge on any atom is 0.253 e. The molecule has 0 radical (unpaired) electrons. The SMILES string of the molecule is Cc1ccc(C(=O)N(C)C2CCOC2C)cc1S(N)(=O)=O. The fourth-order valence-corrected chi connectivity index (χ4v) is 3.43. The summed E-state index contributed by atoms with van der Waals surface area (Å²) >= 11 is 0. The minimum atomic E-state index is -3.84. The molecule has 0 bridgehead atoms. The number of rotatable bonds is 3. The van der Waals surface area contributed by atoms with E-state index in [1.54, 1.807) is 31.0 Å². The van der Waals surface area contributed by atoms with E-state index in [1.807, 2.05) is 6.92 Å². The lowest BCUT2D eigenvalue weighted by Gasteiger charge is -2.27. The Hall–Kier alpha value is -1.44. The Bertz CT molecular complexity index is 657. The molecule has 1 aliphatic heterocycles. The molecule has 1 aliphatic rings. The van der Waals surface area contributed by atoms with Crippen LogP contribution in [-0.2, 0) is 14.8 Å². The molecule has 2 atom stereocenters. The number of primary sulfonamides is 1. The van der Waals surface area contributed by atoms with E-state index in [2.05, 4.69) is 0 Å². The van der Waals surface area contributed by atoms with Crippen molar-refractivity contribution in [3.05, 3.63) is 29.3 Å². The van der Waals surface area contributed by atoms with Crippen molar-refractivity contribution < 1.29 is 17.9 Å². The Morgan fingerprint density at radius 3 is 2.62 bits per heavy atom. The van der Waals surface area contributed by atoms with Gasteiger partial charge in [-0.2, -0.15) is 0 Å². The molecule has 1 aromatic rings. The summed E-state index contributed by atoms with van der Waals surface area (Å²) in [5.74, 6) is -0.234. The number of carbonyl (C=O) groups is 1. The maximum atomic E-state index is 12.5. The summed E-state index contributed by atoms with van der Waals surface area (Å²) in [5.41, 5.74) is 0.834. The van der Waals surface area contributed by atoms with Gasteiger partial charge in [-0.1, -0.05) is 6.07 Å². The topological polar surface area (TPSA) is 89.7 Å². The minimum absolute atomic E-state index is 0.00302. The van der Waals surface area contributed by atoms with E-state index in [0.29, 0.717) is 17.7 Å². The third-order valence-corrected chi connectivity index (χ3v) is 4.95. The molecule has 0 spiro atoms. The molecule has 0 aromatic heterocycles. The summed E-state index contributed by atoms with van der Waals surface area (Å²) in [7, 11) is -2.14. The van der Waals surface area contributed by atoms with E-state index in [-0.39, 0.29) is 22.9 Å². The average Bonchev–Trinajstić information content (AvgIpc) is 2.82. The van der Waals surface area contributed by atoms with Crippen LogP contribution < -0.4 is 5.14 Å². The van der Waals surface area contributed by atoms with Crippen molar-refractivity contribution in [3.8, 4) is 0 Å². The predicted octanol–water partition coefficient (Wildman–Crippen LogP) is 0.892. The zero-order valence-corrected chi connectivity index (χ0v) is 13.2. The van der Waals surface area contributed by atoms with Crippen LogP contribution in [0.4, 0.5) is 0 Å². The molecule has 1 aromatic carbocycles. The molecule has 1 amide bonds. The first-order valence-electron chi connectivity index (χ1n) is 6.74. The molecule has 1 saturated heterocycles. The number of carbonyl (C=O) groups excluding carboxylic acids is 1. The molecular weight excluding hydrogens is 292 g/mol. The Balaban J connectivity index is 2.32. The first-order valence-corrected chi connectivity index (χ1v) is 8.28. The van der Waals surface area contributed by atoms with Gasteiger partial charge in [0.15, 0.2) is 0 Å². The smallest absolute Gasteiger partial charge is 0.253 e. The van der Waals surface area contributed by atoms with Gasteiger partial charge >= 0.3 is 0 Å². The largest absolute Gasteiger partial charge is 0.376 e. The highest BCUT2D eigenvalue weighted by molar-refractivity contribution is 7.89. The summed E-state index contributed by atoms with van der Waals surface area (Å²) in [5, 5.41) is 5.17. The predicted molar refractivity (Wildman–Crippen MR) is 78.5 cm³/mol. The molecule has 0 saturated carbocycles. The van der Waals surface area contributed by atoms with Crippen molar-refractivity contribution in [1.29, 1.82) is 0 Å². The van der Waals surface area contributed by atoms with Gasteiger partial charge in [0.1, 0.15) is 0 Å². The first kappa shape index (κ1) is 15.9. The Morgan fingerprint density at radius 1 is 1.43 bits per heavy atom. The fourth-order valence-electron chi connectivity index (χ4n) is 2.62. The molecular formula is C14H20N2O4S. The van der Waals surface area contributed by atoms with Crippen LogP contribution in [0.3, 0.4) is 0 Å². The van der Waals surface area contributed by atoms with Crippen LogP contribution >= 0.6 is 0 Å². The second kappa shape index (κ2) is 5.75. The number of hydrogen-bond acceptors (Lipinski definition) is 4. The highest BCUT2D eigenvalue weighted by Gasteiger charge is 2.31. The third kappa shape index (κ3) is 3.25. The van der Waals surface area contributed by atoms with E-state index < -0.39 is 10.0 Å².